The number of thiophene rings is 6. The van der Waals surface area contributed by atoms with E-state index < -0.39 is 5.60 Å². The van der Waals surface area contributed by atoms with Crippen molar-refractivity contribution >= 4 is 218 Å². The van der Waals surface area contributed by atoms with Gasteiger partial charge in [-0.15, -0.1) is 68.0 Å². The standard InChI is InChI=1S/C17H23N5O2S.2C17H17N5O2S.C16H19N5O3S.C13H17N5O2S.C13H16N4O3S/c18-17-19-13-12(10-25-14(13)15(23)20-17)16(24)22-8-4-11(5-9-22)21-6-2-1-3-7-21;2*18-17-19-13-12(10-25-14(13)15(23)20-17)16(24)22-8-6-21(7-9-22)11-4-2-1-3-5-11;17-16-18-12-10(8-25-13(12)14(23)19-16)15(24)20-6-3-9(4-7-20)21-5-1-2-11(21)22;1-13(15)2-4-18(5-3-13)11(20)7-6-21-9-8(7)16-12(14)17-10(9)19;1-13(20)2-4-17(5-3-13)11(19)7-6-21-9-8(7)15-12(14)16-10(9)18/h10-11H,1-9H2,(H3,18,19,20,23);2*1-5,10H,6-9H2,(H3,18,19,20,23);8-9H,1-7H2,(H3,17,18,19,23);6H,2-5,15H2,1H3,(H3,14,16,17,19);6,20H,2-5H2,1H3,(H3,14,15,16,18). The average molecular weight is 2050 g/mol. The number of nitrogens with zero attached hydrogens (tertiary/aromatic N) is 16. The summed E-state index contributed by atoms with van der Waals surface area (Å²) < 4.78 is 2.56. The lowest BCUT2D eigenvalue weighted by molar-refractivity contribution is -0.130. The number of aliphatic hydroxyl groups is 1. The Hall–Kier alpha value is -14.0. The van der Waals surface area contributed by atoms with E-state index in [9.17, 15) is 67.4 Å². The van der Waals surface area contributed by atoms with Crippen LogP contribution in [0.4, 0.5) is 47.1 Å². The molecule has 49 heteroatoms. The summed E-state index contributed by atoms with van der Waals surface area (Å²) in [6.07, 6.45) is 11.7. The van der Waals surface area contributed by atoms with E-state index >= 15 is 0 Å². The quantitative estimate of drug-likeness (QED) is 0.0687. The Morgan fingerprint density at radius 1 is 0.324 bits per heavy atom. The van der Waals surface area contributed by atoms with Gasteiger partial charge in [0.2, 0.25) is 41.6 Å². The largest absolute Gasteiger partial charge is 0.390 e. The third kappa shape index (κ3) is 22.2. The molecule has 2 aromatic carbocycles. The number of nitrogens with two attached hydrogens (primary N) is 7. The summed E-state index contributed by atoms with van der Waals surface area (Å²) in [4.78, 5) is 219. The fourth-order valence-electron chi connectivity index (χ4n) is 18.8. The van der Waals surface area contributed by atoms with Crippen LogP contribution in [-0.2, 0) is 4.79 Å². The molecule has 22 rings (SSSR count). The molecule has 14 aromatic rings. The number of aromatic nitrogens is 12. The number of nitrogens with one attached hydrogen (secondary N) is 6. The van der Waals surface area contributed by atoms with Crippen LogP contribution in [0.15, 0.2) is 122 Å². The van der Waals surface area contributed by atoms with Crippen LogP contribution in [0.1, 0.15) is 159 Å². The number of carbonyl (C=O) groups excluding carboxylic acids is 7. The third-order valence-corrected chi connectivity index (χ3v) is 32.5. The number of likely N-dealkylation sites (tertiary alicyclic amines) is 6. The van der Waals surface area contributed by atoms with Crippen LogP contribution in [0, 0.1) is 0 Å². The lowest BCUT2D eigenvalue weighted by atomic mass is 9.91. The second-order valence-electron chi connectivity index (χ2n) is 36.5. The van der Waals surface area contributed by atoms with Crippen LogP contribution < -0.4 is 83.3 Å². The van der Waals surface area contributed by atoms with Crippen molar-refractivity contribution in [1.82, 2.24) is 99.0 Å². The molecule has 0 bridgehead atoms. The van der Waals surface area contributed by atoms with E-state index in [1.165, 1.54) is 100 Å². The molecule has 8 aliphatic rings. The van der Waals surface area contributed by atoms with Crippen LogP contribution in [0.3, 0.4) is 0 Å². The SMILES string of the molecule is CC1(N)CCN(C(=O)c2csc3c(=O)[nH]c(N)nc23)CC1.CC1(O)CCN(C(=O)c2csc3c(=O)[nH]c(N)nc23)CC1.Nc1nc2c(C(=O)N3CCC(N4CCCC4=O)CC3)csc2c(=O)[nH]1.Nc1nc2c(C(=O)N3CCC(N4CCCCC4)CC3)csc2c(=O)[nH]1.Nc1nc2c(C(=O)N3CCN(c4ccccc4)CC3)csc2c(=O)[nH]1.Nc1nc2c(C(=O)N3CCN(c4ccccc4)CC3)csc2c(=O)[nH]1. The third-order valence-electron chi connectivity index (χ3n) is 26.7. The van der Waals surface area contributed by atoms with Crippen molar-refractivity contribution < 1.29 is 38.7 Å². The van der Waals surface area contributed by atoms with Crippen molar-refractivity contribution in [3.63, 3.8) is 0 Å². The molecule has 21 N–H and O–H groups in total. The molecule has 0 saturated carbocycles. The zero-order chi connectivity index (χ0) is 100. The molecule has 142 heavy (non-hydrogen) atoms. The second kappa shape index (κ2) is 42.8. The first-order valence-corrected chi connectivity index (χ1v) is 52.0. The monoisotopic (exact) mass is 2050 g/mol. The van der Waals surface area contributed by atoms with Crippen molar-refractivity contribution in [3.8, 4) is 0 Å². The van der Waals surface area contributed by atoms with E-state index in [1.807, 2.05) is 53.1 Å². The number of benzene rings is 2. The Kier molecular flexibility index (Phi) is 30.1. The summed E-state index contributed by atoms with van der Waals surface area (Å²) >= 11 is 7.28. The number of fused-ring (bicyclic) bond motifs is 6. The Bertz CT molecular complexity index is 7140. The van der Waals surface area contributed by atoms with Crippen molar-refractivity contribution in [1.29, 1.82) is 0 Å². The summed E-state index contributed by atoms with van der Waals surface area (Å²) in [7, 11) is 0. The van der Waals surface area contributed by atoms with Gasteiger partial charge in [0.1, 0.15) is 61.3 Å². The minimum atomic E-state index is -0.715. The van der Waals surface area contributed by atoms with E-state index in [1.54, 1.807) is 63.7 Å². The van der Waals surface area contributed by atoms with Gasteiger partial charge in [0.15, 0.2) is 0 Å². The number of para-hydroxylation sites is 2. The Balaban J connectivity index is 0.000000117. The molecular weight excluding hydrogens is 1940 g/mol. The maximum Gasteiger partial charge on any atom is 0.270 e. The fourth-order valence-corrected chi connectivity index (χ4v) is 24.0. The van der Waals surface area contributed by atoms with Crippen molar-refractivity contribution in [2.75, 3.05) is 169 Å². The van der Waals surface area contributed by atoms with Gasteiger partial charge in [-0.3, -0.25) is 92.2 Å². The van der Waals surface area contributed by atoms with E-state index in [-0.39, 0.29) is 122 Å². The molecule has 0 radical (unpaired) electrons. The van der Waals surface area contributed by atoms with Gasteiger partial charge in [-0.2, -0.15) is 0 Å². The number of hydrogen-bond acceptors (Lipinski definition) is 36. The number of amides is 7. The number of piperidine rings is 5. The Morgan fingerprint density at radius 2 is 0.577 bits per heavy atom. The minimum absolute atomic E-state index is 0.00141. The maximum absolute atomic E-state index is 12.9. The molecule has 0 aliphatic carbocycles. The fraction of sp³-hybridized carbons (Fsp3) is 0.409. The molecular formula is C93H109N29O14S6. The predicted octanol–water partition coefficient (Wildman–Crippen LogP) is 6.58. The van der Waals surface area contributed by atoms with Gasteiger partial charge in [0, 0.05) is 179 Å². The Morgan fingerprint density at radius 3 is 0.845 bits per heavy atom. The summed E-state index contributed by atoms with van der Waals surface area (Å²) in [5, 5.41) is 20.0. The van der Waals surface area contributed by atoms with Gasteiger partial charge in [-0.25, -0.2) is 29.9 Å². The van der Waals surface area contributed by atoms with Crippen LogP contribution in [0.25, 0.3) is 61.3 Å². The smallest absolute Gasteiger partial charge is 0.270 e. The molecule has 20 heterocycles. The highest BCUT2D eigenvalue weighted by Crippen LogP contribution is 2.35. The van der Waals surface area contributed by atoms with Gasteiger partial charge < -0.3 is 94.2 Å². The number of carbonyl (C=O) groups is 7. The van der Waals surface area contributed by atoms with Crippen molar-refractivity contribution in [3.05, 3.63) is 188 Å². The van der Waals surface area contributed by atoms with Gasteiger partial charge in [0.05, 0.1) is 39.0 Å². The summed E-state index contributed by atoms with van der Waals surface area (Å²) in [5.74, 6) is -0.294. The maximum atomic E-state index is 12.9. The number of hydrogen-bond donors (Lipinski definition) is 14. The van der Waals surface area contributed by atoms with Gasteiger partial charge in [-0.05, 0) is 122 Å². The van der Waals surface area contributed by atoms with Crippen LogP contribution in [0.5, 0.6) is 0 Å². The number of rotatable bonds is 10. The highest BCUT2D eigenvalue weighted by Gasteiger charge is 2.38. The van der Waals surface area contributed by atoms with Gasteiger partial charge in [0.25, 0.3) is 68.8 Å². The van der Waals surface area contributed by atoms with Gasteiger partial charge >= 0.3 is 0 Å². The number of anilines is 8. The zero-order valence-electron chi connectivity index (χ0n) is 77.9. The normalized spacial score (nSPS) is 17.5. The number of piperazine rings is 2. The van der Waals surface area contributed by atoms with Crippen LogP contribution >= 0.6 is 68.0 Å². The molecule has 746 valence electrons. The first-order valence-electron chi connectivity index (χ1n) is 46.7. The van der Waals surface area contributed by atoms with E-state index in [0.717, 1.165) is 102 Å². The zero-order valence-corrected chi connectivity index (χ0v) is 82.8. The Labute approximate surface area is 833 Å². The van der Waals surface area contributed by atoms with Crippen LogP contribution in [-0.4, -0.2) is 293 Å². The number of aromatic amines is 6. The van der Waals surface area contributed by atoms with E-state index in [0.29, 0.717) is 185 Å². The molecule has 0 atom stereocenters. The molecule has 43 nitrogen and oxygen atoms in total. The molecule has 12 aromatic heterocycles. The molecule has 8 fully saturated rings. The molecule has 8 saturated heterocycles. The summed E-state index contributed by atoms with van der Waals surface area (Å²) in [5.41, 5.74) is 44.2. The number of nitrogen functional groups attached to an aromatic ring is 6. The molecule has 8 aliphatic heterocycles. The van der Waals surface area contributed by atoms with Gasteiger partial charge in [-0.1, -0.05) is 42.8 Å². The average Bonchev–Trinajstić information content (AvgIpc) is 1.66. The molecule has 7 amide bonds. The highest BCUT2D eigenvalue weighted by atomic mass is 32.1. The summed E-state index contributed by atoms with van der Waals surface area (Å²) in [6.45, 7) is 17.5. The number of H-pyrrole nitrogens is 6. The first kappa shape index (κ1) is 99.6. The lowest BCUT2D eigenvalue weighted by Crippen LogP contribution is -2.49. The van der Waals surface area contributed by atoms with Crippen molar-refractivity contribution in [2.24, 2.45) is 5.73 Å². The second-order valence-corrected chi connectivity index (χ2v) is 41.7. The summed E-state index contributed by atoms with van der Waals surface area (Å²) in [6, 6.07) is 21.1. The highest BCUT2D eigenvalue weighted by molar-refractivity contribution is 7.19. The van der Waals surface area contributed by atoms with E-state index in [4.69, 9.17) is 40.1 Å². The first-order chi connectivity index (χ1) is 68.2. The lowest BCUT2D eigenvalue weighted by Gasteiger charge is -2.40. The predicted molar refractivity (Wildman–Crippen MR) is 555 cm³/mol. The molecule has 0 spiro atoms. The minimum Gasteiger partial charge on any atom is -0.390 e. The topological polar surface area (TPSA) is 629 Å². The van der Waals surface area contributed by atoms with Crippen molar-refractivity contribution in [2.45, 2.75) is 121 Å². The molecule has 0 unspecified atom stereocenters. The van der Waals surface area contributed by atoms with Crippen LogP contribution in [0.2, 0.25) is 0 Å². The van der Waals surface area contributed by atoms with E-state index in [2.05, 4.69) is 98.8 Å².